The molecule has 0 aliphatic carbocycles. The van der Waals surface area contributed by atoms with E-state index in [1.807, 2.05) is 12.1 Å². The van der Waals surface area contributed by atoms with E-state index in [2.05, 4.69) is 9.97 Å². The van der Waals surface area contributed by atoms with Crippen LogP contribution in [0.2, 0.25) is 0 Å². The topological polar surface area (TPSA) is 56.4 Å². The van der Waals surface area contributed by atoms with Crippen LogP contribution in [0.15, 0.2) is 24.5 Å². The maximum atomic E-state index is 5.30. The van der Waals surface area contributed by atoms with Gasteiger partial charge in [0.25, 0.3) is 0 Å². The predicted octanol–water partition coefficient (Wildman–Crippen LogP) is 2.83. The van der Waals surface area contributed by atoms with Crippen molar-refractivity contribution in [1.82, 2.24) is 9.97 Å². The molecular formula is C13H14N2O3S. The summed E-state index contributed by atoms with van der Waals surface area (Å²) in [7, 11) is 4.72. The quantitative estimate of drug-likeness (QED) is 0.871. The number of nitrogens with one attached hydrogen (secondary N) is 1. The number of hydrogen-bond acceptors (Lipinski definition) is 5. The smallest absolute Gasteiger partial charge is 0.203 e. The lowest BCUT2D eigenvalue weighted by molar-refractivity contribution is 0.324. The van der Waals surface area contributed by atoms with Crippen LogP contribution in [0.3, 0.4) is 0 Å². The van der Waals surface area contributed by atoms with Gasteiger partial charge in [-0.25, -0.2) is 0 Å². The lowest BCUT2D eigenvalue weighted by Crippen LogP contribution is -1.96. The molecule has 0 saturated carbocycles. The minimum atomic E-state index is 0.553. The van der Waals surface area contributed by atoms with Crippen LogP contribution in [0.1, 0.15) is 0 Å². The minimum Gasteiger partial charge on any atom is -0.493 e. The SMILES string of the molecule is COc1cc(-c2c[nH]c(=S)cn2)cc(OC)c1OC. The molecule has 0 aliphatic rings. The fourth-order valence-corrected chi connectivity index (χ4v) is 1.84. The lowest BCUT2D eigenvalue weighted by Gasteiger charge is -2.13. The normalized spacial score (nSPS) is 10.1. The molecule has 0 aliphatic heterocycles. The van der Waals surface area contributed by atoms with Crippen LogP contribution < -0.4 is 14.2 Å². The van der Waals surface area contributed by atoms with Crippen LogP contribution in [0.4, 0.5) is 0 Å². The second-order valence-corrected chi connectivity index (χ2v) is 4.15. The molecule has 1 aromatic heterocycles. The summed E-state index contributed by atoms with van der Waals surface area (Å²) in [4.78, 5) is 7.21. The maximum absolute atomic E-state index is 5.30. The Bertz CT molecular complexity index is 595. The standard InChI is InChI=1S/C13H14N2O3S/c1-16-10-4-8(5-11(17-2)13(10)18-3)9-6-15-12(19)7-14-9/h4-7H,1-3H3,(H,15,19). The van der Waals surface area contributed by atoms with Gasteiger partial charge >= 0.3 is 0 Å². The molecule has 6 heteroatoms. The summed E-state index contributed by atoms with van der Waals surface area (Å²) in [6, 6.07) is 3.67. The Morgan fingerprint density at radius 3 is 2.11 bits per heavy atom. The zero-order valence-electron chi connectivity index (χ0n) is 10.9. The van der Waals surface area contributed by atoms with Gasteiger partial charge in [-0.1, -0.05) is 12.2 Å². The van der Waals surface area contributed by atoms with Gasteiger partial charge in [-0.15, -0.1) is 0 Å². The van der Waals surface area contributed by atoms with Gasteiger partial charge < -0.3 is 19.2 Å². The number of aromatic amines is 1. The van der Waals surface area contributed by atoms with Crippen LogP contribution in [0, 0.1) is 4.64 Å². The Morgan fingerprint density at radius 2 is 1.68 bits per heavy atom. The van der Waals surface area contributed by atoms with Crippen LogP contribution in [0.25, 0.3) is 11.3 Å². The van der Waals surface area contributed by atoms with Crippen molar-refractivity contribution in [1.29, 1.82) is 0 Å². The van der Waals surface area contributed by atoms with E-state index in [9.17, 15) is 0 Å². The first-order chi connectivity index (χ1) is 9.19. The zero-order chi connectivity index (χ0) is 13.8. The van der Waals surface area contributed by atoms with Crippen molar-refractivity contribution in [3.63, 3.8) is 0 Å². The molecule has 0 spiro atoms. The molecule has 0 unspecified atom stereocenters. The highest BCUT2D eigenvalue weighted by atomic mass is 32.1. The number of hydrogen-bond donors (Lipinski definition) is 1. The highest BCUT2D eigenvalue weighted by Gasteiger charge is 2.14. The van der Waals surface area contributed by atoms with Gasteiger partial charge in [-0.3, -0.25) is 4.98 Å². The van der Waals surface area contributed by atoms with Crippen LogP contribution in [-0.4, -0.2) is 31.3 Å². The van der Waals surface area contributed by atoms with Gasteiger partial charge in [-0.2, -0.15) is 0 Å². The second kappa shape index (κ2) is 5.71. The monoisotopic (exact) mass is 278 g/mol. The van der Waals surface area contributed by atoms with E-state index < -0.39 is 0 Å². The van der Waals surface area contributed by atoms with Crippen molar-refractivity contribution in [2.75, 3.05) is 21.3 Å². The first-order valence-electron chi connectivity index (χ1n) is 5.54. The summed E-state index contributed by atoms with van der Waals surface area (Å²) in [6.07, 6.45) is 3.33. The molecule has 0 saturated heterocycles. The molecule has 1 aromatic carbocycles. The van der Waals surface area contributed by atoms with Crippen molar-refractivity contribution in [2.24, 2.45) is 0 Å². The van der Waals surface area contributed by atoms with E-state index >= 15 is 0 Å². The minimum absolute atomic E-state index is 0.553. The molecule has 1 N–H and O–H groups in total. The summed E-state index contributed by atoms with van der Waals surface area (Å²) in [5.74, 6) is 1.72. The van der Waals surface area contributed by atoms with Gasteiger partial charge in [0, 0.05) is 11.8 Å². The van der Waals surface area contributed by atoms with Crippen molar-refractivity contribution < 1.29 is 14.2 Å². The number of ether oxygens (including phenoxy) is 3. The Hall–Kier alpha value is -2.08. The summed E-state index contributed by atoms with van der Waals surface area (Å²) >= 11 is 4.97. The molecule has 1 heterocycles. The van der Waals surface area contributed by atoms with Gasteiger partial charge in [-0.05, 0) is 12.1 Å². The predicted molar refractivity (Wildman–Crippen MR) is 74.5 cm³/mol. The third-order valence-corrected chi connectivity index (χ3v) is 2.86. The number of aromatic nitrogens is 2. The maximum Gasteiger partial charge on any atom is 0.203 e. The van der Waals surface area contributed by atoms with E-state index in [4.69, 9.17) is 26.4 Å². The van der Waals surface area contributed by atoms with Crippen molar-refractivity contribution in [2.45, 2.75) is 0 Å². The second-order valence-electron chi connectivity index (χ2n) is 3.71. The number of nitrogens with zero attached hydrogens (tertiary/aromatic N) is 1. The molecule has 2 rings (SSSR count). The average molecular weight is 278 g/mol. The number of benzene rings is 1. The first-order valence-corrected chi connectivity index (χ1v) is 5.95. The first kappa shape index (κ1) is 13.4. The van der Waals surface area contributed by atoms with Crippen molar-refractivity contribution in [3.05, 3.63) is 29.2 Å². The van der Waals surface area contributed by atoms with Crippen molar-refractivity contribution >= 4 is 12.2 Å². The molecule has 0 bridgehead atoms. The molecule has 0 fully saturated rings. The number of rotatable bonds is 4. The van der Waals surface area contributed by atoms with E-state index in [1.54, 1.807) is 33.7 Å². The Kier molecular flexibility index (Phi) is 4.01. The Labute approximate surface area is 116 Å². The van der Waals surface area contributed by atoms with E-state index in [0.29, 0.717) is 21.9 Å². The van der Waals surface area contributed by atoms with E-state index in [0.717, 1.165) is 11.3 Å². The molecule has 2 aromatic rings. The van der Waals surface area contributed by atoms with Gasteiger partial charge in [0.1, 0.15) is 4.64 Å². The molecule has 0 amide bonds. The third-order valence-electron chi connectivity index (χ3n) is 2.63. The summed E-state index contributed by atoms with van der Waals surface area (Å²) in [6.45, 7) is 0. The molecule has 19 heavy (non-hydrogen) atoms. The highest BCUT2D eigenvalue weighted by Crippen LogP contribution is 2.40. The van der Waals surface area contributed by atoms with Gasteiger partial charge in [0.05, 0.1) is 33.2 Å². The van der Waals surface area contributed by atoms with Gasteiger partial charge in [0.2, 0.25) is 5.75 Å². The number of H-pyrrole nitrogens is 1. The zero-order valence-corrected chi connectivity index (χ0v) is 11.7. The molecular weight excluding hydrogens is 264 g/mol. The summed E-state index contributed by atoms with van der Waals surface area (Å²) < 4.78 is 16.5. The fraction of sp³-hybridized carbons (Fsp3) is 0.231. The van der Waals surface area contributed by atoms with E-state index in [1.165, 1.54) is 0 Å². The molecule has 5 nitrogen and oxygen atoms in total. The van der Waals surface area contributed by atoms with Crippen LogP contribution >= 0.6 is 12.2 Å². The largest absolute Gasteiger partial charge is 0.493 e. The van der Waals surface area contributed by atoms with Crippen molar-refractivity contribution in [3.8, 4) is 28.5 Å². The highest BCUT2D eigenvalue weighted by molar-refractivity contribution is 7.71. The van der Waals surface area contributed by atoms with E-state index in [-0.39, 0.29) is 0 Å². The fourth-order valence-electron chi connectivity index (χ4n) is 1.73. The third kappa shape index (κ3) is 2.68. The summed E-state index contributed by atoms with van der Waals surface area (Å²) in [5.41, 5.74) is 1.59. The lowest BCUT2D eigenvalue weighted by atomic mass is 10.1. The average Bonchev–Trinajstić information content (AvgIpc) is 2.46. The summed E-state index contributed by atoms with van der Waals surface area (Å²) in [5, 5.41) is 0. The van der Waals surface area contributed by atoms with Crippen LogP contribution in [-0.2, 0) is 0 Å². The Balaban J connectivity index is 2.58. The van der Waals surface area contributed by atoms with Crippen LogP contribution in [0.5, 0.6) is 17.2 Å². The number of methoxy groups -OCH3 is 3. The molecule has 0 radical (unpaired) electrons. The Morgan fingerprint density at radius 1 is 1.05 bits per heavy atom. The van der Waals surface area contributed by atoms with Gasteiger partial charge in [0.15, 0.2) is 11.5 Å². The molecule has 0 atom stereocenters. The molecule has 100 valence electrons.